The van der Waals surface area contributed by atoms with Gasteiger partial charge >= 0.3 is 5.97 Å². The molecule has 0 N–H and O–H groups in total. The van der Waals surface area contributed by atoms with Gasteiger partial charge < -0.3 is 9.47 Å². The lowest BCUT2D eigenvalue weighted by Crippen LogP contribution is -2.57. The molecule has 5 atom stereocenters. The summed E-state index contributed by atoms with van der Waals surface area (Å²) in [5, 5.41) is 36.9. The van der Waals surface area contributed by atoms with Crippen molar-refractivity contribution < 1.29 is 34.4 Å². The largest absolute Gasteiger partial charge is 0.478 e. The van der Waals surface area contributed by atoms with E-state index in [9.17, 15) is 24.9 Å². The van der Waals surface area contributed by atoms with Crippen LogP contribution in [0.25, 0.3) is 0 Å². The molecule has 0 saturated heterocycles. The number of amides is 1. The first-order chi connectivity index (χ1) is 11.7. The Morgan fingerprint density at radius 2 is 2.04 bits per heavy atom. The van der Waals surface area contributed by atoms with Crippen LogP contribution in [-0.4, -0.2) is 48.2 Å². The average molecular weight is 345 g/mol. The molecule has 1 aliphatic rings. The van der Waals surface area contributed by atoms with Gasteiger partial charge in [0.05, 0.1) is 0 Å². The molecule has 0 aromatic carbocycles. The predicted molar refractivity (Wildman–Crippen MR) is 71.0 cm³/mol. The molecule has 1 aliphatic heterocycles. The number of carbonyl (C=O) groups excluding carboxylic acids is 2. The summed E-state index contributed by atoms with van der Waals surface area (Å²) in [6, 6.07) is -3.14. The predicted octanol–water partition coefficient (Wildman–Crippen LogP) is -2.25. The third-order valence-electron chi connectivity index (χ3n) is 2.88. The van der Waals surface area contributed by atoms with E-state index in [1.54, 1.807) is 0 Å². The van der Waals surface area contributed by atoms with Crippen LogP contribution in [0.5, 0.6) is 0 Å². The zero-order valence-corrected chi connectivity index (χ0v) is 12.4. The first-order valence-electron chi connectivity index (χ1n) is 6.46. The zero-order valence-electron chi connectivity index (χ0n) is 12.4. The molecule has 0 spiro atoms. The molecule has 0 saturated carbocycles. The van der Waals surface area contributed by atoms with Crippen LogP contribution < -0.4 is 16.8 Å². The lowest BCUT2D eigenvalue weighted by Gasteiger charge is -2.37. The highest BCUT2D eigenvalue weighted by Gasteiger charge is 2.47. The highest BCUT2D eigenvalue weighted by atomic mass is 16.6. The van der Waals surface area contributed by atoms with E-state index in [1.165, 1.54) is 0 Å². The number of nitrogens with zero attached hydrogens (tertiary/aromatic N) is 4. The standard InChI is InChI=1S/C14H9N4O7/c1-3-24-11(8(21)5-19)12-10(17-6(2)20)7(18-14(15)16)4-9(25-12)13(22)23/h7-8,10-12H,1-2H2/t7-,8+,10+,11+,12+/m0/s1. The second-order valence-electron chi connectivity index (χ2n) is 4.50. The van der Waals surface area contributed by atoms with Gasteiger partial charge in [-0.25, -0.2) is 30.4 Å². The highest BCUT2D eigenvalue weighted by molar-refractivity contribution is 5.84. The Labute approximate surface area is 144 Å². The van der Waals surface area contributed by atoms with Gasteiger partial charge in [-0.1, -0.05) is 0 Å². The maximum absolute atomic E-state index is 11.8. The van der Waals surface area contributed by atoms with Crippen molar-refractivity contribution in [2.45, 2.75) is 30.4 Å². The molecule has 1 heterocycles. The van der Waals surface area contributed by atoms with Crippen molar-refractivity contribution >= 4 is 17.8 Å². The first-order valence-corrected chi connectivity index (χ1v) is 6.46. The van der Waals surface area contributed by atoms with Crippen LogP contribution in [0.3, 0.4) is 0 Å². The molecule has 0 aliphatic carbocycles. The molecular formula is C14H9N4O7. The van der Waals surface area contributed by atoms with Crippen molar-refractivity contribution in [2.24, 2.45) is 4.99 Å². The summed E-state index contributed by atoms with van der Waals surface area (Å²) < 4.78 is 9.72. The van der Waals surface area contributed by atoms with Gasteiger partial charge in [0.1, 0.15) is 24.8 Å². The van der Waals surface area contributed by atoms with Gasteiger partial charge in [-0.2, -0.15) is 0 Å². The minimum absolute atomic E-state index is 0.973. The summed E-state index contributed by atoms with van der Waals surface area (Å²) in [6.45, 7) is 9.01. The van der Waals surface area contributed by atoms with E-state index in [2.05, 4.69) is 30.2 Å². The van der Waals surface area contributed by atoms with Crippen LogP contribution in [0, 0.1) is 33.1 Å². The maximum atomic E-state index is 11.8. The molecule has 11 nitrogen and oxygen atoms in total. The minimum atomic E-state index is -2.23. The summed E-state index contributed by atoms with van der Waals surface area (Å²) >= 11 is 0. The van der Waals surface area contributed by atoms with Crippen LogP contribution in [0.1, 0.15) is 0 Å². The molecule has 1 amide bonds. The quantitative estimate of drug-likeness (QED) is 0.356. The first kappa shape index (κ1) is 20.7. The molecule has 127 valence electrons. The fourth-order valence-electron chi connectivity index (χ4n) is 2.02. The number of ether oxygens (including phenoxy) is 2. The summed E-state index contributed by atoms with van der Waals surface area (Å²) in [4.78, 5) is 25.5. The molecule has 0 bridgehead atoms. The number of rotatable bonds is 8. The van der Waals surface area contributed by atoms with Gasteiger partial charge in [0.2, 0.25) is 18.3 Å². The fraction of sp³-hybridized carbons (Fsp3) is 0.357. The van der Waals surface area contributed by atoms with Crippen molar-refractivity contribution in [2.75, 3.05) is 0 Å². The van der Waals surface area contributed by atoms with E-state index < -0.39 is 54.0 Å². The van der Waals surface area contributed by atoms with Crippen molar-refractivity contribution in [1.82, 2.24) is 16.8 Å². The van der Waals surface area contributed by atoms with E-state index in [0.29, 0.717) is 0 Å². The molecule has 0 aromatic heterocycles. The van der Waals surface area contributed by atoms with E-state index in [4.69, 9.17) is 20.9 Å². The Kier molecular flexibility index (Phi) is 7.61. The summed E-state index contributed by atoms with van der Waals surface area (Å²) in [5.74, 6) is -5.38. The lowest BCUT2D eigenvalue weighted by molar-refractivity contribution is -0.155. The molecule has 1 rings (SSSR count). The third-order valence-corrected chi connectivity index (χ3v) is 2.88. The Bertz CT molecular complexity index is 547. The number of hydrogen-bond acceptors (Lipinski definition) is 5. The highest BCUT2D eigenvalue weighted by Crippen LogP contribution is 2.27. The summed E-state index contributed by atoms with van der Waals surface area (Å²) in [7, 11) is 0. The van der Waals surface area contributed by atoms with Crippen molar-refractivity contribution in [3.05, 3.63) is 38.9 Å². The van der Waals surface area contributed by atoms with Gasteiger partial charge in [-0.3, -0.25) is 4.79 Å². The molecule has 25 heavy (non-hydrogen) atoms. The Morgan fingerprint density at radius 1 is 1.40 bits per heavy atom. The van der Waals surface area contributed by atoms with Crippen LogP contribution in [0.15, 0.2) is 10.8 Å². The van der Waals surface area contributed by atoms with Gasteiger partial charge in [0.15, 0.2) is 12.2 Å². The van der Waals surface area contributed by atoms with Gasteiger partial charge in [0, 0.05) is 13.0 Å². The Morgan fingerprint density at radius 3 is 2.48 bits per heavy atom. The summed E-state index contributed by atoms with van der Waals surface area (Å²) in [5.41, 5.74) is 17.8. The monoisotopic (exact) mass is 345 g/mol. The van der Waals surface area contributed by atoms with E-state index in [0.717, 1.165) is 6.61 Å². The Hall–Kier alpha value is -2.37. The lowest BCUT2D eigenvalue weighted by atomic mass is 9.92. The van der Waals surface area contributed by atoms with Crippen LogP contribution in [0.2, 0.25) is 0 Å². The van der Waals surface area contributed by atoms with Crippen LogP contribution >= 0.6 is 0 Å². The Balaban J connectivity index is 3.37. The van der Waals surface area contributed by atoms with Crippen LogP contribution in [0.4, 0.5) is 0 Å². The molecule has 0 unspecified atom stereocenters. The van der Waals surface area contributed by atoms with Crippen molar-refractivity contribution in [1.29, 1.82) is 0 Å². The van der Waals surface area contributed by atoms with E-state index >= 15 is 0 Å². The van der Waals surface area contributed by atoms with Crippen LogP contribution in [-0.2, 0) is 34.4 Å². The smallest absolute Gasteiger partial charge is 0.420 e. The number of carbonyl (C=O) groups is 2. The van der Waals surface area contributed by atoms with E-state index in [1.807, 2.05) is 6.61 Å². The molecule has 0 fully saturated rings. The number of aliphatic imine (C=N–C) groups is 1. The minimum Gasteiger partial charge on any atom is -0.478 e. The SMILES string of the molecule is [CH2][C]O[C@@H]([C@@H]1OC(C([O])=O)=[C][C@H](N=C([N])[N])[C@H]1[N]C([CH2])=O)[C@H]([O])[C][O]. The topological polar surface area (TPSA) is 183 Å². The van der Waals surface area contributed by atoms with Crippen molar-refractivity contribution in [3.8, 4) is 0 Å². The number of hydrogen-bond donors (Lipinski definition) is 0. The fourth-order valence-corrected chi connectivity index (χ4v) is 2.02. The summed E-state index contributed by atoms with van der Waals surface area (Å²) in [6.07, 6.45) is -3.63. The van der Waals surface area contributed by atoms with Crippen molar-refractivity contribution in [3.63, 3.8) is 0 Å². The maximum Gasteiger partial charge on any atom is 0.420 e. The molecule has 15 radical (unpaired) electrons. The third kappa shape index (κ3) is 5.59. The van der Waals surface area contributed by atoms with Gasteiger partial charge in [-0.05, 0) is 6.92 Å². The second-order valence-corrected chi connectivity index (χ2v) is 4.50. The molecule has 0 aromatic rings. The second kappa shape index (κ2) is 9.20. The zero-order chi connectivity index (χ0) is 19.1. The number of guanidine groups is 1. The normalized spacial score (nSPS) is 25.1. The van der Waals surface area contributed by atoms with Gasteiger partial charge in [-0.15, -0.1) is 11.5 Å². The molecule has 11 heteroatoms. The molecular weight excluding hydrogens is 336 g/mol. The average Bonchev–Trinajstić information content (AvgIpc) is 2.52. The van der Waals surface area contributed by atoms with E-state index in [-0.39, 0.29) is 0 Å². The van der Waals surface area contributed by atoms with Gasteiger partial charge in [0.25, 0.3) is 5.96 Å².